The van der Waals surface area contributed by atoms with Crippen molar-refractivity contribution in [1.82, 2.24) is 9.78 Å². The van der Waals surface area contributed by atoms with E-state index in [4.69, 9.17) is 0 Å². The third-order valence-electron chi connectivity index (χ3n) is 3.30. The highest BCUT2D eigenvalue weighted by atomic mass is 79.9. The number of nitrogens with zero attached hydrogens (tertiary/aromatic N) is 2. The van der Waals surface area contributed by atoms with Crippen LogP contribution in [-0.4, -0.2) is 15.6 Å². The molecule has 20 heavy (non-hydrogen) atoms. The van der Waals surface area contributed by atoms with E-state index in [2.05, 4.69) is 34.9 Å². The number of Topliss-reactive ketones (excluding diaryl/α,β-unsaturated/α-hetero) is 1. The van der Waals surface area contributed by atoms with Crippen LogP contribution in [0.1, 0.15) is 42.4 Å². The molecule has 1 aromatic heterocycles. The van der Waals surface area contributed by atoms with Crippen molar-refractivity contribution in [3.63, 3.8) is 0 Å². The molecule has 2 aromatic rings. The molecule has 1 atom stereocenters. The molecule has 1 unspecified atom stereocenters. The lowest BCUT2D eigenvalue weighted by atomic mass is 10.1. The molecular weight excluding hydrogens is 323 g/mol. The van der Waals surface area contributed by atoms with Gasteiger partial charge in [0.2, 0.25) is 0 Å². The van der Waals surface area contributed by atoms with E-state index >= 15 is 0 Å². The number of hydrogen-bond acceptors (Lipinski definition) is 2. The number of aromatic nitrogens is 2. The van der Waals surface area contributed by atoms with Gasteiger partial charge in [-0.2, -0.15) is 5.10 Å². The number of hydrogen-bond donors (Lipinski definition) is 0. The Hall–Kier alpha value is -1.49. The van der Waals surface area contributed by atoms with E-state index in [9.17, 15) is 9.18 Å². The number of rotatable bonds is 5. The van der Waals surface area contributed by atoms with E-state index in [1.807, 2.05) is 16.9 Å². The second-order valence-corrected chi connectivity index (χ2v) is 5.54. The van der Waals surface area contributed by atoms with Gasteiger partial charge in [0.05, 0.1) is 16.6 Å². The molecule has 3 nitrogen and oxygen atoms in total. The fourth-order valence-corrected chi connectivity index (χ4v) is 2.37. The second-order valence-electron chi connectivity index (χ2n) is 4.75. The number of carbonyl (C=O) groups excluding carboxylic acids is 1. The topological polar surface area (TPSA) is 34.9 Å². The minimum Gasteiger partial charge on any atom is -0.294 e. The van der Waals surface area contributed by atoms with Crippen molar-refractivity contribution in [3.8, 4) is 0 Å². The Labute approximate surface area is 125 Å². The molecule has 1 aromatic carbocycles. The average molecular weight is 339 g/mol. The summed E-state index contributed by atoms with van der Waals surface area (Å²) >= 11 is 3.11. The van der Waals surface area contributed by atoms with Crippen LogP contribution in [0.4, 0.5) is 4.39 Å². The number of ketones is 1. The van der Waals surface area contributed by atoms with Crippen LogP contribution < -0.4 is 0 Å². The van der Waals surface area contributed by atoms with E-state index in [0.29, 0.717) is 17.3 Å². The van der Waals surface area contributed by atoms with Crippen LogP contribution in [0.25, 0.3) is 0 Å². The maximum atomic E-state index is 13.4. The lowest BCUT2D eigenvalue weighted by Gasteiger charge is -2.08. The van der Waals surface area contributed by atoms with Gasteiger partial charge in [0.25, 0.3) is 0 Å². The molecule has 0 spiro atoms. The lowest BCUT2D eigenvalue weighted by Crippen LogP contribution is -2.08. The van der Waals surface area contributed by atoms with Crippen LogP contribution in [0, 0.1) is 5.82 Å². The summed E-state index contributed by atoms with van der Waals surface area (Å²) in [6, 6.07) is 6.60. The SMILES string of the molecule is CCC(C)n1ccc(CC(=O)c2cccc(F)c2Br)n1. The maximum absolute atomic E-state index is 13.4. The first-order valence-electron chi connectivity index (χ1n) is 6.54. The quantitative estimate of drug-likeness (QED) is 0.766. The molecule has 0 aliphatic rings. The van der Waals surface area contributed by atoms with Crippen molar-refractivity contribution in [1.29, 1.82) is 0 Å². The lowest BCUT2D eigenvalue weighted by molar-refractivity contribution is 0.0990. The average Bonchev–Trinajstić information content (AvgIpc) is 2.89. The number of benzene rings is 1. The molecule has 0 fully saturated rings. The van der Waals surface area contributed by atoms with Crippen molar-refractivity contribution in [3.05, 3.63) is 52.0 Å². The van der Waals surface area contributed by atoms with Crippen molar-refractivity contribution in [2.24, 2.45) is 0 Å². The van der Waals surface area contributed by atoms with Gasteiger partial charge < -0.3 is 0 Å². The second kappa shape index (κ2) is 6.31. The predicted molar refractivity (Wildman–Crippen MR) is 79.4 cm³/mol. The minimum atomic E-state index is -0.430. The van der Waals surface area contributed by atoms with Crippen molar-refractivity contribution in [2.45, 2.75) is 32.7 Å². The van der Waals surface area contributed by atoms with Gasteiger partial charge in [0.15, 0.2) is 5.78 Å². The number of carbonyl (C=O) groups is 1. The summed E-state index contributed by atoms with van der Waals surface area (Å²) in [5.74, 6) is -0.577. The van der Waals surface area contributed by atoms with Crippen molar-refractivity contribution >= 4 is 21.7 Å². The highest BCUT2D eigenvalue weighted by molar-refractivity contribution is 9.10. The van der Waals surface area contributed by atoms with E-state index in [1.165, 1.54) is 12.1 Å². The first kappa shape index (κ1) is 14.9. The molecule has 0 amide bonds. The summed E-state index contributed by atoms with van der Waals surface area (Å²) in [5.41, 5.74) is 1.05. The van der Waals surface area contributed by atoms with Gasteiger partial charge in [-0.3, -0.25) is 9.48 Å². The highest BCUT2D eigenvalue weighted by Gasteiger charge is 2.15. The van der Waals surface area contributed by atoms with Gasteiger partial charge >= 0.3 is 0 Å². The standard InChI is InChI=1S/C15H16BrFN2O/c1-3-10(2)19-8-7-11(18-19)9-14(20)12-5-4-6-13(17)15(12)16/h4-8,10H,3,9H2,1-2H3. The zero-order chi connectivity index (χ0) is 14.7. The summed E-state index contributed by atoms with van der Waals surface area (Å²) in [6.07, 6.45) is 3.02. The molecule has 0 aliphatic carbocycles. The Balaban J connectivity index is 2.15. The van der Waals surface area contributed by atoms with Crippen LogP contribution in [0.3, 0.4) is 0 Å². The van der Waals surface area contributed by atoms with E-state index in [1.54, 1.807) is 6.07 Å². The van der Waals surface area contributed by atoms with Gasteiger partial charge in [0.1, 0.15) is 5.82 Å². The molecule has 0 bridgehead atoms. The van der Waals surface area contributed by atoms with Gasteiger partial charge in [-0.25, -0.2) is 4.39 Å². The normalized spacial score (nSPS) is 12.4. The zero-order valence-electron chi connectivity index (χ0n) is 11.4. The number of halogens is 2. The Morgan fingerprint density at radius 1 is 1.45 bits per heavy atom. The van der Waals surface area contributed by atoms with Crippen LogP contribution in [0.5, 0.6) is 0 Å². The fourth-order valence-electron chi connectivity index (χ4n) is 1.88. The third kappa shape index (κ3) is 3.15. The van der Waals surface area contributed by atoms with Gasteiger partial charge in [-0.1, -0.05) is 19.1 Å². The Kier molecular flexibility index (Phi) is 4.70. The van der Waals surface area contributed by atoms with E-state index in [0.717, 1.165) is 6.42 Å². The van der Waals surface area contributed by atoms with Crippen LogP contribution >= 0.6 is 15.9 Å². The molecule has 5 heteroatoms. The Bertz CT molecular complexity index is 624. The molecule has 0 aliphatic heterocycles. The zero-order valence-corrected chi connectivity index (χ0v) is 13.0. The molecular formula is C15H16BrFN2O. The summed E-state index contributed by atoms with van der Waals surface area (Å²) in [4.78, 5) is 12.2. The van der Waals surface area contributed by atoms with Gasteiger partial charge in [-0.05, 0) is 41.4 Å². The van der Waals surface area contributed by atoms with E-state index < -0.39 is 5.82 Å². The van der Waals surface area contributed by atoms with Crippen LogP contribution in [-0.2, 0) is 6.42 Å². The third-order valence-corrected chi connectivity index (χ3v) is 4.11. The molecule has 0 saturated heterocycles. The molecule has 1 heterocycles. The molecule has 106 valence electrons. The monoisotopic (exact) mass is 338 g/mol. The smallest absolute Gasteiger partial charge is 0.170 e. The minimum absolute atomic E-state index is 0.147. The molecule has 0 N–H and O–H groups in total. The Morgan fingerprint density at radius 3 is 2.90 bits per heavy atom. The first-order chi connectivity index (χ1) is 9.52. The Morgan fingerprint density at radius 2 is 2.20 bits per heavy atom. The first-order valence-corrected chi connectivity index (χ1v) is 7.33. The molecule has 0 saturated carbocycles. The van der Waals surface area contributed by atoms with Crippen LogP contribution in [0.2, 0.25) is 0 Å². The summed E-state index contributed by atoms with van der Waals surface area (Å²) in [7, 11) is 0. The van der Waals surface area contributed by atoms with Gasteiger partial charge in [0, 0.05) is 17.8 Å². The van der Waals surface area contributed by atoms with Crippen molar-refractivity contribution < 1.29 is 9.18 Å². The maximum Gasteiger partial charge on any atom is 0.170 e. The van der Waals surface area contributed by atoms with Crippen LogP contribution in [0.15, 0.2) is 34.9 Å². The molecule has 2 rings (SSSR count). The predicted octanol–water partition coefficient (Wildman–Crippen LogP) is 4.18. The summed E-state index contributed by atoms with van der Waals surface area (Å²) in [6.45, 7) is 4.16. The van der Waals surface area contributed by atoms with Crippen molar-refractivity contribution in [2.75, 3.05) is 0 Å². The molecule has 0 radical (unpaired) electrons. The van der Waals surface area contributed by atoms with E-state index in [-0.39, 0.29) is 16.7 Å². The highest BCUT2D eigenvalue weighted by Crippen LogP contribution is 2.22. The summed E-state index contributed by atoms with van der Waals surface area (Å²) < 4.78 is 15.5. The summed E-state index contributed by atoms with van der Waals surface area (Å²) in [5, 5.41) is 4.39. The van der Waals surface area contributed by atoms with Gasteiger partial charge in [-0.15, -0.1) is 0 Å². The largest absolute Gasteiger partial charge is 0.294 e. The fraction of sp³-hybridized carbons (Fsp3) is 0.333.